The van der Waals surface area contributed by atoms with E-state index in [2.05, 4.69) is 76.7 Å². The zero-order chi connectivity index (χ0) is 46.6. The summed E-state index contributed by atoms with van der Waals surface area (Å²) < 4.78 is 0. The molecule has 9 nitrogen and oxygen atoms in total. The van der Waals surface area contributed by atoms with Gasteiger partial charge in [-0.05, 0) is 87.6 Å². The van der Waals surface area contributed by atoms with Crippen molar-refractivity contribution in [2.45, 2.75) is 0 Å². The van der Waals surface area contributed by atoms with Crippen LogP contribution in [0.3, 0.4) is 0 Å². The third-order valence-electron chi connectivity index (χ3n) is 12.1. The number of fused-ring (bicyclic) bond motifs is 1. The first kappa shape index (κ1) is 41.7. The average molecular weight is 898 g/mol. The monoisotopic (exact) mass is 897 g/mol. The van der Waals surface area contributed by atoms with E-state index in [0.717, 1.165) is 89.2 Å². The van der Waals surface area contributed by atoms with Gasteiger partial charge in [-0.1, -0.05) is 170 Å². The predicted molar refractivity (Wildman–Crippen MR) is 278 cm³/mol. The molecule has 5 aromatic heterocycles. The van der Waals surface area contributed by atoms with Gasteiger partial charge < -0.3 is 0 Å². The van der Waals surface area contributed by atoms with Crippen molar-refractivity contribution in [2.75, 3.05) is 0 Å². The molecule has 0 amide bonds. The fraction of sp³-hybridized carbons (Fsp3) is 0. The molecule has 0 saturated carbocycles. The lowest BCUT2D eigenvalue weighted by Gasteiger charge is -2.16. The maximum absolute atomic E-state index is 5.19. The van der Waals surface area contributed by atoms with Crippen LogP contribution in [0.25, 0.3) is 124 Å². The summed E-state index contributed by atoms with van der Waals surface area (Å²) in [5.74, 6) is 3.29. The summed E-state index contributed by atoms with van der Waals surface area (Å²) in [6, 6.07) is 75.3. The molecule has 0 unspecified atom stereocenters. The minimum Gasteiger partial charge on any atom is -0.255 e. The lowest BCUT2D eigenvalue weighted by atomic mass is 9.90. The largest absolute Gasteiger partial charge is 0.255 e. The predicted octanol–water partition coefficient (Wildman–Crippen LogP) is 14.1. The van der Waals surface area contributed by atoms with Crippen molar-refractivity contribution in [1.82, 2.24) is 44.9 Å². The Morgan fingerprint density at radius 2 is 0.500 bits per heavy atom. The highest BCUT2D eigenvalue weighted by molar-refractivity contribution is 6.06. The van der Waals surface area contributed by atoms with E-state index in [0.29, 0.717) is 34.9 Å². The molecule has 328 valence electrons. The minimum atomic E-state index is 0.512. The van der Waals surface area contributed by atoms with E-state index in [1.54, 1.807) is 12.4 Å². The Balaban J connectivity index is 1.09. The van der Waals surface area contributed by atoms with E-state index in [-0.39, 0.29) is 0 Å². The molecule has 0 atom stereocenters. The molecule has 7 aromatic carbocycles. The number of hydrogen-bond acceptors (Lipinski definition) is 9. The minimum absolute atomic E-state index is 0.512. The summed E-state index contributed by atoms with van der Waals surface area (Å²) in [5.41, 5.74) is 12.1. The first-order valence-corrected chi connectivity index (χ1v) is 22.9. The lowest BCUT2D eigenvalue weighted by molar-refractivity contribution is 1.07. The zero-order valence-electron chi connectivity index (χ0n) is 37.5. The lowest BCUT2D eigenvalue weighted by Crippen LogP contribution is -2.02. The Hall–Kier alpha value is -9.73. The van der Waals surface area contributed by atoms with E-state index in [1.807, 2.05) is 158 Å². The van der Waals surface area contributed by atoms with Gasteiger partial charge in [0.1, 0.15) is 0 Å². The fourth-order valence-electron chi connectivity index (χ4n) is 8.70. The van der Waals surface area contributed by atoms with Gasteiger partial charge in [-0.2, -0.15) is 0 Å². The second kappa shape index (κ2) is 18.5. The van der Waals surface area contributed by atoms with Crippen LogP contribution < -0.4 is 0 Å². The van der Waals surface area contributed by atoms with Crippen molar-refractivity contribution in [3.05, 3.63) is 237 Å². The number of aromatic nitrogens is 9. The van der Waals surface area contributed by atoms with E-state index >= 15 is 0 Å². The Morgan fingerprint density at radius 1 is 0.200 bits per heavy atom. The van der Waals surface area contributed by atoms with Crippen LogP contribution in [0.2, 0.25) is 0 Å². The van der Waals surface area contributed by atoms with Crippen LogP contribution in [0.15, 0.2) is 237 Å². The van der Waals surface area contributed by atoms with Gasteiger partial charge in [-0.25, -0.2) is 34.9 Å². The van der Waals surface area contributed by atoms with Crippen LogP contribution in [0.5, 0.6) is 0 Å². The average Bonchev–Trinajstić information content (AvgIpc) is 3.45. The Labute approximate surface area is 404 Å². The molecular formula is C61H39N9. The Bertz CT molecular complexity index is 3480. The van der Waals surface area contributed by atoms with Crippen molar-refractivity contribution in [1.29, 1.82) is 0 Å². The summed E-state index contributed by atoms with van der Waals surface area (Å²) in [4.78, 5) is 45.2. The van der Waals surface area contributed by atoms with E-state index in [1.165, 1.54) is 0 Å². The standard InChI is InChI=1S/C61H39N9/c1-5-19-40(20-6-1)56-65-57(41-21-7-2-8-22-41)68-60(67-56)46-35-44(36-47(37-46)61-69-58(42-23-9-3-10-24-42)66-59(70-61)43-25-11-4-12-26-43)48-31-32-49(51-28-14-13-27-50(48)51)45-38-54(52-29-15-17-33-62-52)64-55(39-45)53-30-16-18-34-63-53/h1-39H. The molecule has 0 aliphatic heterocycles. The molecule has 0 N–H and O–H groups in total. The first-order chi connectivity index (χ1) is 34.7. The van der Waals surface area contributed by atoms with Crippen LogP contribution in [-0.2, 0) is 0 Å². The molecule has 0 aliphatic rings. The van der Waals surface area contributed by atoms with Crippen LogP contribution >= 0.6 is 0 Å². The van der Waals surface area contributed by atoms with E-state index in [9.17, 15) is 0 Å². The van der Waals surface area contributed by atoms with Gasteiger partial charge in [0.25, 0.3) is 0 Å². The highest BCUT2D eigenvalue weighted by atomic mass is 15.0. The molecule has 9 heteroatoms. The first-order valence-electron chi connectivity index (χ1n) is 22.9. The van der Waals surface area contributed by atoms with Gasteiger partial charge >= 0.3 is 0 Å². The summed E-state index contributed by atoms with van der Waals surface area (Å²) in [6.07, 6.45) is 3.58. The topological polar surface area (TPSA) is 116 Å². The van der Waals surface area contributed by atoms with Crippen molar-refractivity contribution >= 4 is 10.8 Å². The summed E-state index contributed by atoms with van der Waals surface area (Å²) >= 11 is 0. The smallest absolute Gasteiger partial charge is 0.164 e. The van der Waals surface area contributed by atoms with Crippen molar-refractivity contribution in [3.63, 3.8) is 0 Å². The molecule has 70 heavy (non-hydrogen) atoms. The van der Waals surface area contributed by atoms with Gasteiger partial charge in [0.2, 0.25) is 0 Å². The van der Waals surface area contributed by atoms with Crippen LogP contribution in [0.1, 0.15) is 0 Å². The van der Waals surface area contributed by atoms with E-state index < -0.39 is 0 Å². The number of hydrogen-bond donors (Lipinski definition) is 0. The molecule has 0 saturated heterocycles. The van der Waals surface area contributed by atoms with Crippen molar-refractivity contribution in [3.8, 4) is 113 Å². The second-order valence-corrected chi connectivity index (χ2v) is 16.6. The van der Waals surface area contributed by atoms with Gasteiger partial charge in [-0.15, -0.1) is 0 Å². The SMILES string of the molecule is c1ccc(-c2nc(-c3ccccc3)nc(-c3cc(-c4nc(-c5ccccc5)nc(-c5ccccc5)n4)cc(-c4ccc(-c5cc(-c6ccccn6)nc(-c6ccccn6)c5)c5ccccc45)c3)n2)cc1. The molecule has 0 fully saturated rings. The second-order valence-electron chi connectivity index (χ2n) is 16.6. The summed E-state index contributed by atoms with van der Waals surface area (Å²) in [5, 5.41) is 2.11. The molecule has 0 aliphatic carbocycles. The number of pyridine rings is 3. The Kier molecular flexibility index (Phi) is 11.0. The van der Waals surface area contributed by atoms with Gasteiger partial charge in [0, 0.05) is 45.8 Å². The molecule has 12 rings (SSSR count). The zero-order valence-corrected chi connectivity index (χ0v) is 37.5. The number of nitrogens with zero attached hydrogens (tertiary/aromatic N) is 9. The molecule has 0 bridgehead atoms. The fourth-order valence-corrected chi connectivity index (χ4v) is 8.70. The van der Waals surface area contributed by atoms with Gasteiger partial charge in [0.05, 0.1) is 22.8 Å². The normalized spacial score (nSPS) is 11.1. The molecule has 0 radical (unpaired) electrons. The Morgan fingerprint density at radius 3 is 0.843 bits per heavy atom. The maximum atomic E-state index is 5.19. The third kappa shape index (κ3) is 8.46. The van der Waals surface area contributed by atoms with E-state index in [4.69, 9.17) is 34.9 Å². The highest BCUT2D eigenvalue weighted by Crippen LogP contribution is 2.40. The van der Waals surface area contributed by atoms with Crippen LogP contribution in [0, 0.1) is 0 Å². The summed E-state index contributed by atoms with van der Waals surface area (Å²) in [6.45, 7) is 0. The quantitative estimate of drug-likeness (QED) is 0.132. The van der Waals surface area contributed by atoms with Gasteiger partial charge in [0.15, 0.2) is 34.9 Å². The van der Waals surface area contributed by atoms with Crippen LogP contribution in [0.4, 0.5) is 0 Å². The van der Waals surface area contributed by atoms with Crippen molar-refractivity contribution < 1.29 is 0 Å². The highest BCUT2D eigenvalue weighted by Gasteiger charge is 2.20. The molecule has 12 aromatic rings. The number of rotatable bonds is 10. The summed E-state index contributed by atoms with van der Waals surface area (Å²) in [7, 11) is 0. The third-order valence-corrected chi connectivity index (χ3v) is 12.1. The number of benzene rings is 7. The van der Waals surface area contributed by atoms with Crippen molar-refractivity contribution in [2.24, 2.45) is 0 Å². The molecular weight excluding hydrogens is 859 g/mol. The molecule has 0 spiro atoms. The molecule has 5 heterocycles. The van der Waals surface area contributed by atoms with Gasteiger partial charge in [-0.3, -0.25) is 9.97 Å². The maximum Gasteiger partial charge on any atom is 0.164 e. The van der Waals surface area contributed by atoms with Crippen LogP contribution in [-0.4, -0.2) is 44.9 Å².